The molecule has 16 heteroatoms. The van der Waals surface area contributed by atoms with Crippen molar-refractivity contribution in [3.05, 3.63) is 41.7 Å². The summed E-state index contributed by atoms with van der Waals surface area (Å²) in [7, 11) is -10.3. The summed E-state index contributed by atoms with van der Waals surface area (Å²) in [5, 5.41) is 11.5. The first-order valence-corrected chi connectivity index (χ1v) is 11.3. The molecule has 1 heterocycles. The van der Waals surface area contributed by atoms with Gasteiger partial charge in [-0.25, -0.2) is 21.8 Å². The predicted molar refractivity (Wildman–Crippen MR) is 96.3 cm³/mol. The minimum atomic E-state index is -5.87. The molecular formula is C16H12F6N2O6S2. The van der Waals surface area contributed by atoms with Gasteiger partial charge in [0.25, 0.3) is 15.7 Å². The molecule has 0 unspecified atom stereocenters. The van der Waals surface area contributed by atoms with Crippen LogP contribution in [0, 0.1) is 0 Å². The van der Waals surface area contributed by atoms with Gasteiger partial charge in [-0.2, -0.15) is 26.3 Å². The lowest BCUT2D eigenvalue weighted by Gasteiger charge is -2.14. The number of nitrogens with one attached hydrogen (secondary N) is 1. The number of alkyl halides is 6. The lowest BCUT2D eigenvalue weighted by atomic mass is 10.2. The number of benzene rings is 1. The molecule has 32 heavy (non-hydrogen) atoms. The number of pyridine rings is 1. The highest BCUT2D eigenvalue weighted by atomic mass is 32.2. The second-order valence-corrected chi connectivity index (χ2v) is 10.2. The number of carbonyl (C=O) groups is 1. The summed E-state index contributed by atoms with van der Waals surface area (Å²) in [6, 6.07) is 1.31. The summed E-state index contributed by atoms with van der Waals surface area (Å²) in [4.78, 5) is 13.2. The number of hydrogen-bond acceptors (Lipinski definition) is 7. The Kier molecular flexibility index (Phi) is 6.53. The van der Waals surface area contributed by atoms with E-state index in [9.17, 15) is 53.1 Å². The van der Waals surface area contributed by atoms with Crippen molar-refractivity contribution in [1.29, 1.82) is 0 Å². The zero-order valence-electron chi connectivity index (χ0n) is 15.6. The summed E-state index contributed by atoms with van der Waals surface area (Å²) in [5.74, 6) is -3.16. The number of phenols is 1. The summed E-state index contributed by atoms with van der Waals surface area (Å²) in [6.07, 6.45) is -4.84. The molecule has 2 rings (SSSR count). The van der Waals surface area contributed by atoms with Gasteiger partial charge >= 0.3 is 11.7 Å². The summed E-state index contributed by atoms with van der Waals surface area (Å²) < 4.78 is 124. The maximum absolute atomic E-state index is 12.9. The number of hydrogen-bond donors (Lipinski definition) is 2. The van der Waals surface area contributed by atoms with E-state index in [-0.39, 0.29) is 18.3 Å². The number of rotatable bonds is 5. The van der Waals surface area contributed by atoms with Gasteiger partial charge in [0.15, 0.2) is 9.84 Å². The highest BCUT2D eigenvalue weighted by Gasteiger charge is 2.47. The fourth-order valence-electron chi connectivity index (χ4n) is 2.26. The molecule has 0 aliphatic heterocycles. The standard InChI is InChI=1S/C16H12F6N2O6S2/c1-2-31(27,28)12-5-8(15(17,18)19)7-23-13(12)14(26)24-10-6-9(3-4-11(10)25)32(29,30)16(20,21)22/h3-7,25H,2H2,1H3,(H,24,26). The first kappa shape index (κ1) is 25.4. The largest absolute Gasteiger partial charge is 0.506 e. The molecule has 0 saturated heterocycles. The Balaban J connectivity index is 2.58. The van der Waals surface area contributed by atoms with E-state index in [1.165, 1.54) is 0 Å². The van der Waals surface area contributed by atoms with E-state index in [0.29, 0.717) is 12.1 Å². The first-order valence-electron chi connectivity index (χ1n) is 8.17. The Bertz CT molecular complexity index is 1270. The first-order chi connectivity index (χ1) is 14.4. The molecule has 0 aliphatic rings. The number of phenolic OH excluding ortho intramolecular Hbond substituents is 1. The molecule has 0 bridgehead atoms. The van der Waals surface area contributed by atoms with Crippen LogP contribution < -0.4 is 5.32 Å². The van der Waals surface area contributed by atoms with Gasteiger partial charge in [0.1, 0.15) is 11.4 Å². The molecule has 1 aromatic heterocycles. The Morgan fingerprint density at radius 2 is 1.66 bits per heavy atom. The van der Waals surface area contributed by atoms with Crippen molar-refractivity contribution in [2.75, 3.05) is 11.1 Å². The molecule has 1 aromatic carbocycles. The van der Waals surface area contributed by atoms with Gasteiger partial charge < -0.3 is 10.4 Å². The van der Waals surface area contributed by atoms with Crippen molar-refractivity contribution in [2.45, 2.75) is 28.4 Å². The molecule has 0 saturated carbocycles. The Morgan fingerprint density at radius 3 is 2.16 bits per heavy atom. The van der Waals surface area contributed by atoms with Crippen LogP contribution in [0.1, 0.15) is 23.0 Å². The van der Waals surface area contributed by atoms with Crippen molar-refractivity contribution < 1.29 is 53.1 Å². The maximum Gasteiger partial charge on any atom is 0.501 e. The second-order valence-electron chi connectivity index (χ2n) is 6.05. The number of anilines is 1. The summed E-state index contributed by atoms with van der Waals surface area (Å²) in [6.45, 7) is 1.08. The molecule has 2 N–H and O–H groups in total. The van der Waals surface area contributed by atoms with Crippen LogP contribution in [0.3, 0.4) is 0 Å². The SMILES string of the molecule is CCS(=O)(=O)c1cc(C(F)(F)F)cnc1C(=O)Nc1cc(S(=O)(=O)C(F)(F)F)ccc1O. The van der Waals surface area contributed by atoms with Gasteiger partial charge in [-0.15, -0.1) is 0 Å². The van der Waals surface area contributed by atoms with Gasteiger partial charge in [0.2, 0.25) is 0 Å². The third kappa shape index (κ3) is 4.95. The molecule has 0 spiro atoms. The fraction of sp³-hybridized carbons (Fsp3) is 0.250. The highest BCUT2D eigenvalue weighted by molar-refractivity contribution is 7.92. The molecule has 0 aliphatic carbocycles. The van der Waals surface area contributed by atoms with E-state index < -0.39 is 75.5 Å². The van der Waals surface area contributed by atoms with Crippen LogP contribution in [0.25, 0.3) is 0 Å². The zero-order valence-corrected chi connectivity index (χ0v) is 17.2. The van der Waals surface area contributed by atoms with Gasteiger partial charge in [0, 0.05) is 6.20 Å². The number of aromatic nitrogens is 1. The maximum atomic E-state index is 12.9. The van der Waals surface area contributed by atoms with Gasteiger partial charge in [0.05, 0.1) is 26.8 Å². The predicted octanol–water partition coefficient (Wildman–Crippen LogP) is 3.15. The van der Waals surface area contributed by atoms with Crippen LogP contribution >= 0.6 is 0 Å². The number of sulfone groups is 2. The van der Waals surface area contributed by atoms with Crippen molar-refractivity contribution in [3.8, 4) is 5.75 Å². The molecule has 2 aromatic rings. The number of aromatic hydroxyl groups is 1. The monoisotopic (exact) mass is 506 g/mol. The second kappa shape index (κ2) is 8.23. The molecule has 1 amide bonds. The van der Waals surface area contributed by atoms with Crippen molar-refractivity contribution >= 4 is 31.3 Å². The van der Waals surface area contributed by atoms with E-state index in [0.717, 1.165) is 6.92 Å². The lowest BCUT2D eigenvalue weighted by molar-refractivity contribution is -0.138. The summed E-state index contributed by atoms with van der Waals surface area (Å²) in [5.41, 5.74) is -9.13. The zero-order chi connectivity index (χ0) is 24.7. The fourth-order valence-corrected chi connectivity index (χ4v) is 4.11. The third-order valence-corrected chi connectivity index (χ3v) is 7.17. The Hall–Kier alpha value is -2.88. The normalized spacial score (nSPS) is 13.1. The van der Waals surface area contributed by atoms with Gasteiger partial charge in [-0.05, 0) is 24.3 Å². The lowest BCUT2D eigenvalue weighted by Crippen LogP contribution is -2.24. The highest BCUT2D eigenvalue weighted by Crippen LogP contribution is 2.35. The average molecular weight is 506 g/mol. The van der Waals surface area contributed by atoms with Crippen LogP contribution in [-0.2, 0) is 25.9 Å². The topological polar surface area (TPSA) is 130 Å². The number of carbonyl (C=O) groups excluding carboxylic acids is 1. The van der Waals surface area contributed by atoms with E-state index in [2.05, 4.69) is 4.98 Å². The average Bonchev–Trinajstić information content (AvgIpc) is 2.67. The minimum Gasteiger partial charge on any atom is -0.506 e. The van der Waals surface area contributed by atoms with Crippen molar-refractivity contribution in [2.24, 2.45) is 0 Å². The van der Waals surface area contributed by atoms with Crippen molar-refractivity contribution in [1.82, 2.24) is 4.98 Å². The molecular weight excluding hydrogens is 494 g/mol. The van der Waals surface area contributed by atoms with Crippen LogP contribution in [0.5, 0.6) is 5.75 Å². The van der Waals surface area contributed by atoms with Gasteiger partial charge in [-0.1, -0.05) is 6.92 Å². The smallest absolute Gasteiger partial charge is 0.501 e. The van der Waals surface area contributed by atoms with Crippen LogP contribution in [0.4, 0.5) is 32.0 Å². The Labute approximate surface area is 176 Å². The summed E-state index contributed by atoms with van der Waals surface area (Å²) >= 11 is 0. The number of amides is 1. The number of halogens is 6. The van der Waals surface area contributed by atoms with Crippen molar-refractivity contribution in [3.63, 3.8) is 0 Å². The van der Waals surface area contributed by atoms with Crippen LogP contribution in [-0.4, -0.2) is 44.1 Å². The van der Waals surface area contributed by atoms with Crippen LogP contribution in [0.15, 0.2) is 40.3 Å². The molecule has 176 valence electrons. The van der Waals surface area contributed by atoms with E-state index in [4.69, 9.17) is 0 Å². The quantitative estimate of drug-likeness (QED) is 0.471. The molecule has 0 radical (unpaired) electrons. The molecule has 8 nitrogen and oxygen atoms in total. The van der Waals surface area contributed by atoms with E-state index >= 15 is 0 Å². The third-order valence-electron chi connectivity index (χ3n) is 3.94. The van der Waals surface area contributed by atoms with E-state index in [1.54, 1.807) is 5.32 Å². The van der Waals surface area contributed by atoms with Gasteiger partial charge in [-0.3, -0.25) is 4.79 Å². The van der Waals surface area contributed by atoms with E-state index in [1.807, 2.05) is 0 Å². The minimum absolute atomic E-state index is 0.158. The molecule has 0 atom stereocenters. The Morgan fingerprint density at radius 1 is 1.06 bits per heavy atom. The molecule has 0 fully saturated rings. The number of nitrogens with zero attached hydrogens (tertiary/aromatic N) is 1. The van der Waals surface area contributed by atoms with Crippen LogP contribution in [0.2, 0.25) is 0 Å².